The summed E-state index contributed by atoms with van der Waals surface area (Å²) < 4.78 is 1.99. The zero-order chi connectivity index (χ0) is 28.5. The largest absolute Gasteiger partial charge is 0.325 e. The predicted molar refractivity (Wildman–Crippen MR) is 174 cm³/mol. The molecule has 9 heteroatoms. The molecule has 0 heterocycles. The number of halogens is 2. The minimum atomic E-state index is -0.473. The number of hydrogen-bond donors (Lipinski definition) is 3. The van der Waals surface area contributed by atoms with E-state index in [1.54, 1.807) is 42.5 Å². The number of thioether (sulfide) groups is 1. The highest BCUT2D eigenvalue weighted by Gasteiger charge is 2.17. The fourth-order valence-electron chi connectivity index (χ4n) is 3.55. The van der Waals surface area contributed by atoms with Gasteiger partial charge in [-0.05, 0) is 108 Å². The van der Waals surface area contributed by atoms with E-state index in [-0.39, 0.29) is 16.9 Å². The smallest absolute Gasteiger partial charge is 0.272 e. The second kappa shape index (κ2) is 14.3. The van der Waals surface area contributed by atoms with E-state index >= 15 is 0 Å². The second-order valence-corrected chi connectivity index (χ2v) is 12.2. The Morgan fingerprint density at radius 2 is 1.52 bits per heavy atom. The summed E-state index contributed by atoms with van der Waals surface area (Å²) in [5.41, 5.74) is 2.56. The van der Waals surface area contributed by atoms with E-state index in [1.165, 1.54) is 11.8 Å². The number of hydrogen-bond acceptors (Lipinski definition) is 4. The Hall–Kier alpha value is -3.41. The van der Waals surface area contributed by atoms with Crippen LogP contribution in [0.5, 0.6) is 0 Å². The minimum absolute atomic E-state index is 0.0968. The van der Waals surface area contributed by atoms with Gasteiger partial charge >= 0.3 is 0 Å². The van der Waals surface area contributed by atoms with Crippen LogP contribution in [0.3, 0.4) is 0 Å². The van der Waals surface area contributed by atoms with Crippen LogP contribution < -0.4 is 16.0 Å². The summed E-state index contributed by atoms with van der Waals surface area (Å²) in [4.78, 5) is 39.7. The SMILES string of the molecule is CC(Sc1cccc(NC(=O)/C(=C/c2ccc(Br)cc2)NC(=O)c2ccccc2)c1)C(=O)Nc1ccc(I)cc1. The average Bonchev–Trinajstić information content (AvgIpc) is 2.95. The van der Waals surface area contributed by atoms with E-state index in [9.17, 15) is 14.4 Å². The van der Waals surface area contributed by atoms with Crippen molar-refractivity contribution in [3.63, 3.8) is 0 Å². The molecular formula is C31H25BrIN3O3S. The van der Waals surface area contributed by atoms with Crippen LogP contribution in [0.25, 0.3) is 6.08 Å². The molecule has 0 saturated heterocycles. The number of anilines is 2. The van der Waals surface area contributed by atoms with Crippen molar-refractivity contribution in [3.05, 3.63) is 128 Å². The number of benzene rings is 4. The molecule has 4 aromatic carbocycles. The molecule has 6 nitrogen and oxygen atoms in total. The average molecular weight is 726 g/mol. The minimum Gasteiger partial charge on any atom is -0.325 e. The summed E-state index contributed by atoms with van der Waals surface area (Å²) >= 11 is 7.01. The molecule has 202 valence electrons. The summed E-state index contributed by atoms with van der Waals surface area (Å²) in [7, 11) is 0. The van der Waals surface area contributed by atoms with Gasteiger partial charge in [0.05, 0.1) is 5.25 Å². The Morgan fingerprint density at radius 3 is 2.23 bits per heavy atom. The van der Waals surface area contributed by atoms with E-state index in [4.69, 9.17) is 0 Å². The molecule has 1 atom stereocenters. The third-order valence-corrected chi connectivity index (χ3v) is 7.94. The van der Waals surface area contributed by atoms with Gasteiger partial charge in [-0.2, -0.15) is 0 Å². The summed E-state index contributed by atoms with van der Waals surface area (Å²) in [6.07, 6.45) is 1.62. The third kappa shape index (κ3) is 8.80. The maximum absolute atomic E-state index is 13.3. The first-order chi connectivity index (χ1) is 19.3. The summed E-state index contributed by atoms with van der Waals surface area (Å²) in [6, 6.07) is 30.9. The lowest BCUT2D eigenvalue weighted by molar-refractivity contribution is -0.115. The van der Waals surface area contributed by atoms with E-state index in [1.807, 2.05) is 73.7 Å². The molecule has 0 aliphatic heterocycles. The van der Waals surface area contributed by atoms with Crippen LogP contribution in [-0.2, 0) is 9.59 Å². The van der Waals surface area contributed by atoms with Crippen molar-refractivity contribution in [3.8, 4) is 0 Å². The fourth-order valence-corrected chi connectivity index (χ4v) is 5.10. The third-order valence-electron chi connectivity index (χ3n) is 5.60. The molecule has 3 N–H and O–H groups in total. The molecule has 0 spiro atoms. The van der Waals surface area contributed by atoms with Gasteiger partial charge in [-0.15, -0.1) is 11.8 Å². The van der Waals surface area contributed by atoms with Crippen molar-refractivity contribution >= 4 is 85.5 Å². The molecule has 0 bridgehead atoms. The van der Waals surface area contributed by atoms with Crippen LogP contribution >= 0.6 is 50.3 Å². The van der Waals surface area contributed by atoms with Crippen LogP contribution in [0.15, 0.2) is 118 Å². The van der Waals surface area contributed by atoms with E-state index in [0.717, 1.165) is 24.2 Å². The molecule has 0 radical (unpaired) electrons. The van der Waals surface area contributed by atoms with Crippen molar-refractivity contribution < 1.29 is 14.4 Å². The van der Waals surface area contributed by atoms with E-state index in [2.05, 4.69) is 54.5 Å². The maximum Gasteiger partial charge on any atom is 0.272 e. The molecule has 4 aromatic rings. The van der Waals surface area contributed by atoms with Crippen LogP contribution in [0.1, 0.15) is 22.8 Å². The lowest BCUT2D eigenvalue weighted by atomic mass is 10.1. The highest BCUT2D eigenvalue weighted by atomic mass is 127. The monoisotopic (exact) mass is 725 g/mol. The van der Waals surface area contributed by atoms with Gasteiger partial charge < -0.3 is 16.0 Å². The number of amides is 3. The molecule has 0 saturated carbocycles. The lowest BCUT2D eigenvalue weighted by Crippen LogP contribution is -2.30. The first kappa shape index (κ1) is 29.6. The van der Waals surface area contributed by atoms with Gasteiger partial charge in [0, 0.05) is 29.9 Å². The highest BCUT2D eigenvalue weighted by molar-refractivity contribution is 14.1. The number of carbonyl (C=O) groups excluding carboxylic acids is 3. The molecule has 0 aromatic heterocycles. The van der Waals surface area contributed by atoms with Crippen molar-refractivity contribution in [1.29, 1.82) is 0 Å². The first-order valence-corrected chi connectivity index (χ1v) is 15.0. The van der Waals surface area contributed by atoms with Gasteiger partial charge in [0.25, 0.3) is 11.8 Å². The Kier molecular flexibility index (Phi) is 10.6. The van der Waals surface area contributed by atoms with Crippen molar-refractivity contribution in [1.82, 2.24) is 5.32 Å². The maximum atomic E-state index is 13.3. The van der Waals surface area contributed by atoms with Crippen molar-refractivity contribution in [2.75, 3.05) is 10.6 Å². The number of carbonyl (C=O) groups is 3. The van der Waals surface area contributed by atoms with Gasteiger partial charge in [-0.1, -0.05) is 52.3 Å². The number of rotatable bonds is 9. The van der Waals surface area contributed by atoms with E-state index < -0.39 is 11.8 Å². The molecular weight excluding hydrogens is 701 g/mol. The zero-order valence-corrected chi connectivity index (χ0v) is 25.9. The normalized spacial score (nSPS) is 11.8. The molecule has 0 aliphatic carbocycles. The lowest BCUT2D eigenvalue weighted by Gasteiger charge is -2.14. The molecule has 1 unspecified atom stereocenters. The second-order valence-electron chi connectivity index (χ2n) is 8.67. The quantitative estimate of drug-likeness (QED) is 0.0944. The van der Waals surface area contributed by atoms with Crippen molar-refractivity contribution in [2.45, 2.75) is 17.1 Å². The highest BCUT2D eigenvalue weighted by Crippen LogP contribution is 2.27. The standard InChI is InChI=1S/C31H25BrIN3O3S/c1-20(29(37)34-25-16-14-24(33)15-17-25)40-27-9-5-8-26(19-27)35-31(39)28(18-21-10-12-23(32)13-11-21)36-30(38)22-6-3-2-4-7-22/h2-20H,1H3,(H,34,37)(H,35,39)(H,36,38)/b28-18-. The van der Waals surface area contributed by atoms with Gasteiger partial charge in [-0.3, -0.25) is 14.4 Å². The van der Waals surface area contributed by atoms with Crippen LogP contribution in [0, 0.1) is 3.57 Å². The Labute approximate surface area is 259 Å². The summed E-state index contributed by atoms with van der Waals surface area (Å²) in [5, 5.41) is 8.17. The molecule has 40 heavy (non-hydrogen) atoms. The van der Waals surface area contributed by atoms with Crippen LogP contribution in [0.4, 0.5) is 11.4 Å². The molecule has 0 aliphatic rings. The summed E-state index contributed by atoms with van der Waals surface area (Å²) in [6.45, 7) is 1.83. The molecule has 3 amide bonds. The fraction of sp³-hybridized carbons (Fsp3) is 0.0645. The molecule has 0 fully saturated rings. The van der Waals surface area contributed by atoms with E-state index in [0.29, 0.717) is 11.3 Å². The predicted octanol–water partition coefficient (Wildman–Crippen LogP) is 7.58. The van der Waals surface area contributed by atoms with Gasteiger partial charge in [0.1, 0.15) is 5.70 Å². The zero-order valence-electron chi connectivity index (χ0n) is 21.4. The Bertz CT molecular complexity index is 1530. The van der Waals surface area contributed by atoms with Crippen molar-refractivity contribution in [2.24, 2.45) is 0 Å². The number of nitrogens with one attached hydrogen (secondary N) is 3. The van der Waals surface area contributed by atoms with Gasteiger partial charge in [0.15, 0.2) is 0 Å². The first-order valence-electron chi connectivity index (χ1n) is 12.2. The van der Waals surface area contributed by atoms with Crippen LogP contribution in [-0.4, -0.2) is 23.0 Å². The Balaban J connectivity index is 1.47. The topological polar surface area (TPSA) is 87.3 Å². The Morgan fingerprint density at radius 1 is 0.825 bits per heavy atom. The summed E-state index contributed by atoms with van der Waals surface area (Å²) in [5.74, 6) is -0.987. The molecule has 4 rings (SSSR count). The van der Waals surface area contributed by atoms with Gasteiger partial charge in [-0.25, -0.2) is 0 Å². The van der Waals surface area contributed by atoms with Gasteiger partial charge in [0.2, 0.25) is 5.91 Å². The van der Waals surface area contributed by atoms with Crippen LogP contribution in [0.2, 0.25) is 0 Å².